The lowest BCUT2D eigenvalue weighted by atomic mass is 10.0. The first-order valence-electron chi connectivity index (χ1n) is 8.46. The average molecular weight is 377 g/mol. The highest BCUT2D eigenvalue weighted by molar-refractivity contribution is 5.89. The lowest BCUT2D eigenvalue weighted by Crippen LogP contribution is -2.54. The van der Waals surface area contributed by atoms with Crippen LogP contribution in [0.3, 0.4) is 0 Å². The highest BCUT2D eigenvalue weighted by Crippen LogP contribution is 2.24. The van der Waals surface area contributed by atoms with Crippen molar-refractivity contribution in [2.45, 2.75) is 19.0 Å². The van der Waals surface area contributed by atoms with Gasteiger partial charge in [0.25, 0.3) is 0 Å². The van der Waals surface area contributed by atoms with Crippen molar-refractivity contribution in [1.82, 2.24) is 25.7 Å². The van der Waals surface area contributed by atoms with E-state index in [1.807, 2.05) is 0 Å². The van der Waals surface area contributed by atoms with Gasteiger partial charge in [-0.1, -0.05) is 17.3 Å². The Morgan fingerprint density at radius 3 is 3.15 bits per heavy atom. The lowest BCUT2D eigenvalue weighted by Gasteiger charge is -2.35. The van der Waals surface area contributed by atoms with E-state index >= 15 is 0 Å². The highest BCUT2D eigenvalue weighted by atomic mass is 19.1. The minimum Gasteiger partial charge on any atom is -0.384 e. The van der Waals surface area contributed by atoms with Crippen LogP contribution in [0.5, 0.6) is 0 Å². The van der Waals surface area contributed by atoms with E-state index in [0.717, 1.165) is 0 Å². The second kappa shape index (κ2) is 8.58. The molecule has 1 unspecified atom stereocenters. The molecule has 0 saturated carbocycles. The minimum absolute atomic E-state index is 0.0449. The fraction of sp³-hybridized carbons (Fsp3) is 0.412. The van der Waals surface area contributed by atoms with Crippen LogP contribution >= 0.6 is 0 Å². The summed E-state index contributed by atoms with van der Waals surface area (Å²) in [4.78, 5) is 30.4. The van der Waals surface area contributed by atoms with Crippen LogP contribution in [-0.2, 0) is 22.5 Å². The van der Waals surface area contributed by atoms with E-state index in [0.29, 0.717) is 43.4 Å². The zero-order valence-corrected chi connectivity index (χ0v) is 14.8. The topological polar surface area (TPSA) is 110 Å². The van der Waals surface area contributed by atoms with Crippen LogP contribution in [0.15, 0.2) is 28.8 Å². The number of hydrogen-bond donors (Lipinski definition) is 2. The van der Waals surface area contributed by atoms with Gasteiger partial charge in [0.2, 0.25) is 11.8 Å². The molecule has 0 spiro atoms. The fourth-order valence-electron chi connectivity index (χ4n) is 2.80. The van der Waals surface area contributed by atoms with Gasteiger partial charge in [-0.3, -0.25) is 4.79 Å². The van der Waals surface area contributed by atoms with Gasteiger partial charge < -0.3 is 24.8 Å². The van der Waals surface area contributed by atoms with E-state index in [1.165, 1.54) is 23.1 Å². The minimum atomic E-state index is -0.906. The molecule has 144 valence electrons. The maximum atomic E-state index is 13.6. The smallest absolute Gasteiger partial charge is 0.318 e. The Morgan fingerprint density at radius 2 is 2.37 bits per heavy atom. The molecular weight excluding hydrogens is 357 g/mol. The molecule has 1 saturated heterocycles. The number of ether oxygens (including phenoxy) is 1. The van der Waals surface area contributed by atoms with Crippen molar-refractivity contribution in [2.75, 3.05) is 26.8 Å². The summed E-state index contributed by atoms with van der Waals surface area (Å²) in [6.07, 6.45) is 0.478. The first kappa shape index (κ1) is 18.8. The molecule has 1 aromatic carbocycles. The molecule has 1 aromatic heterocycles. The molecule has 0 bridgehead atoms. The Balaban J connectivity index is 1.66. The monoisotopic (exact) mass is 377 g/mol. The van der Waals surface area contributed by atoms with Crippen LogP contribution in [-0.4, -0.2) is 53.8 Å². The second-order valence-corrected chi connectivity index (χ2v) is 5.95. The van der Waals surface area contributed by atoms with Crippen LogP contribution in [0.25, 0.3) is 0 Å². The number of urea groups is 1. The van der Waals surface area contributed by atoms with Crippen molar-refractivity contribution < 1.29 is 23.2 Å². The number of piperazine rings is 1. The third-order valence-corrected chi connectivity index (χ3v) is 4.07. The zero-order chi connectivity index (χ0) is 19.2. The first-order valence-corrected chi connectivity index (χ1v) is 8.46. The maximum Gasteiger partial charge on any atom is 0.318 e. The van der Waals surface area contributed by atoms with E-state index in [9.17, 15) is 14.0 Å². The standard InChI is InChI=1S/C17H20FN5O4/c1-26-8-5-14-21-13(22-27-14)10-20-17(25)23-7-6-19-16(24)15(23)11-3-2-4-12(18)9-11/h2-4,9,15H,5-8,10H2,1H3,(H,19,24)(H,20,25). The van der Waals surface area contributed by atoms with E-state index < -0.39 is 17.9 Å². The van der Waals surface area contributed by atoms with E-state index in [4.69, 9.17) is 9.26 Å². The molecule has 9 nitrogen and oxygen atoms in total. The van der Waals surface area contributed by atoms with Crippen molar-refractivity contribution in [1.29, 1.82) is 0 Å². The molecule has 3 rings (SSSR count). The number of rotatable bonds is 6. The van der Waals surface area contributed by atoms with Crippen LogP contribution in [0.1, 0.15) is 23.3 Å². The molecule has 1 aliphatic rings. The Morgan fingerprint density at radius 1 is 1.52 bits per heavy atom. The van der Waals surface area contributed by atoms with E-state index in [1.54, 1.807) is 13.2 Å². The molecule has 1 fully saturated rings. The summed E-state index contributed by atoms with van der Waals surface area (Å²) in [5, 5.41) is 9.15. The largest absolute Gasteiger partial charge is 0.384 e. The molecule has 1 aliphatic heterocycles. The summed E-state index contributed by atoms with van der Waals surface area (Å²) in [6.45, 7) is 1.11. The Kier molecular flexibility index (Phi) is 5.97. The summed E-state index contributed by atoms with van der Waals surface area (Å²) < 4.78 is 23.5. The van der Waals surface area contributed by atoms with Gasteiger partial charge in [-0.2, -0.15) is 4.98 Å². The van der Waals surface area contributed by atoms with Crippen molar-refractivity contribution in [2.24, 2.45) is 0 Å². The highest BCUT2D eigenvalue weighted by Gasteiger charge is 2.34. The number of amides is 3. The SMILES string of the molecule is COCCc1nc(CNC(=O)N2CCNC(=O)C2c2cccc(F)c2)no1. The Bertz CT molecular complexity index is 812. The zero-order valence-electron chi connectivity index (χ0n) is 14.8. The van der Waals surface area contributed by atoms with Gasteiger partial charge in [-0.05, 0) is 17.7 Å². The van der Waals surface area contributed by atoms with Crippen LogP contribution in [0.4, 0.5) is 9.18 Å². The molecule has 3 amide bonds. The number of aromatic nitrogens is 2. The van der Waals surface area contributed by atoms with Crippen molar-refractivity contribution in [3.8, 4) is 0 Å². The number of methoxy groups -OCH3 is 1. The van der Waals surface area contributed by atoms with Gasteiger partial charge in [0.15, 0.2) is 5.82 Å². The molecule has 0 aliphatic carbocycles. The quantitative estimate of drug-likeness (QED) is 0.770. The maximum absolute atomic E-state index is 13.6. The average Bonchev–Trinajstić information content (AvgIpc) is 3.12. The van der Waals surface area contributed by atoms with Gasteiger partial charge in [-0.15, -0.1) is 0 Å². The number of halogens is 1. The number of nitrogens with one attached hydrogen (secondary N) is 2. The number of carbonyl (C=O) groups excluding carboxylic acids is 2. The van der Waals surface area contributed by atoms with Gasteiger partial charge in [0.1, 0.15) is 11.9 Å². The number of nitrogens with zero attached hydrogens (tertiary/aromatic N) is 3. The van der Waals surface area contributed by atoms with Crippen molar-refractivity contribution in [3.63, 3.8) is 0 Å². The summed E-state index contributed by atoms with van der Waals surface area (Å²) in [5.41, 5.74) is 0.406. The first-order chi connectivity index (χ1) is 13.1. The Labute approximate surface area is 154 Å². The third kappa shape index (κ3) is 4.59. The van der Waals surface area contributed by atoms with Crippen LogP contribution in [0.2, 0.25) is 0 Å². The fourth-order valence-corrected chi connectivity index (χ4v) is 2.80. The van der Waals surface area contributed by atoms with Crippen LogP contribution < -0.4 is 10.6 Å². The van der Waals surface area contributed by atoms with Crippen molar-refractivity contribution >= 4 is 11.9 Å². The van der Waals surface area contributed by atoms with E-state index in [2.05, 4.69) is 20.8 Å². The molecular formula is C17H20FN5O4. The summed E-state index contributed by atoms with van der Waals surface area (Å²) in [5.74, 6) is -0.0978. The van der Waals surface area contributed by atoms with E-state index in [-0.39, 0.29) is 12.5 Å². The summed E-state index contributed by atoms with van der Waals surface area (Å²) >= 11 is 0. The van der Waals surface area contributed by atoms with Gasteiger partial charge in [0, 0.05) is 20.2 Å². The second-order valence-electron chi connectivity index (χ2n) is 5.95. The third-order valence-electron chi connectivity index (χ3n) is 4.07. The van der Waals surface area contributed by atoms with Gasteiger partial charge >= 0.3 is 6.03 Å². The molecule has 0 radical (unpaired) electrons. The molecule has 10 heteroatoms. The number of carbonyl (C=O) groups is 2. The van der Waals surface area contributed by atoms with Gasteiger partial charge in [-0.25, -0.2) is 9.18 Å². The van der Waals surface area contributed by atoms with Crippen LogP contribution in [0, 0.1) is 5.82 Å². The molecule has 2 aromatic rings. The predicted molar refractivity (Wildman–Crippen MR) is 91.0 cm³/mol. The van der Waals surface area contributed by atoms with Gasteiger partial charge in [0.05, 0.1) is 19.6 Å². The lowest BCUT2D eigenvalue weighted by molar-refractivity contribution is -0.127. The van der Waals surface area contributed by atoms with Crippen molar-refractivity contribution in [3.05, 3.63) is 47.4 Å². The predicted octanol–water partition coefficient (Wildman–Crippen LogP) is 0.780. The summed E-state index contributed by atoms with van der Waals surface area (Å²) in [7, 11) is 1.57. The number of benzene rings is 1. The summed E-state index contributed by atoms with van der Waals surface area (Å²) in [6, 6.07) is 4.27. The Hall–Kier alpha value is -3.01. The molecule has 2 N–H and O–H groups in total. The molecule has 27 heavy (non-hydrogen) atoms. The number of hydrogen-bond acceptors (Lipinski definition) is 6. The molecule has 1 atom stereocenters. The normalized spacial score (nSPS) is 16.9. The molecule has 2 heterocycles.